The van der Waals surface area contributed by atoms with Crippen LogP contribution < -0.4 is 5.32 Å². The number of carbonyl (C=O) groups excluding carboxylic acids is 1. The summed E-state index contributed by atoms with van der Waals surface area (Å²) in [4.78, 5) is 17.8. The molecule has 0 atom stereocenters. The highest BCUT2D eigenvalue weighted by molar-refractivity contribution is 5.92. The molecule has 0 aliphatic carbocycles. The van der Waals surface area contributed by atoms with Gasteiger partial charge in [0.2, 0.25) is 0 Å². The van der Waals surface area contributed by atoms with Crippen molar-refractivity contribution in [2.24, 2.45) is 5.11 Å². The minimum Gasteiger partial charge on any atom is -0.364 e. The van der Waals surface area contributed by atoms with Gasteiger partial charge in [-0.05, 0) is 22.8 Å². The molecule has 7 heteroatoms. The van der Waals surface area contributed by atoms with E-state index in [2.05, 4.69) is 25.1 Å². The first-order valence-corrected chi connectivity index (χ1v) is 4.07. The number of pyridine rings is 1. The van der Waals surface area contributed by atoms with Gasteiger partial charge in [0.15, 0.2) is 0 Å². The van der Waals surface area contributed by atoms with Crippen molar-refractivity contribution in [2.45, 2.75) is 0 Å². The summed E-state index contributed by atoms with van der Waals surface area (Å²) in [6.45, 7) is 0.103. The lowest BCUT2D eigenvalue weighted by Gasteiger charge is -2.02. The van der Waals surface area contributed by atoms with Gasteiger partial charge in [-0.25, -0.2) is 4.98 Å². The summed E-state index contributed by atoms with van der Waals surface area (Å²) >= 11 is 0. The molecule has 0 aliphatic rings. The number of amides is 1. The number of aromatic nitrogens is 1. The highest BCUT2D eigenvalue weighted by atomic mass is 16.5. The molecule has 0 bridgehead atoms. The van der Waals surface area contributed by atoms with Gasteiger partial charge in [-0.15, -0.1) is 0 Å². The van der Waals surface area contributed by atoms with Gasteiger partial charge in [-0.1, -0.05) is 6.07 Å². The molecule has 0 radical (unpaired) electrons. The van der Waals surface area contributed by atoms with Gasteiger partial charge in [0.25, 0.3) is 5.91 Å². The van der Waals surface area contributed by atoms with Gasteiger partial charge >= 0.3 is 0 Å². The Morgan fingerprint density at radius 1 is 1.73 bits per heavy atom. The molecule has 1 amide bonds. The number of hydrogen-bond acceptors (Lipinski definition) is 4. The highest BCUT2D eigenvalue weighted by Crippen LogP contribution is 2.08. The molecular weight excluding hydrogens is 198 g/mol. The summed E-state index contributed by atoms with van der Waals surface area (Å²) in [7, 11) is 1.46. The summed E-state index contributed by atoms with van der Waals surface area (Å²) in [5.74, 6) is -0.227. The first kappa shape index (κ1) is 11.0. The number of nitrogens with one attached hydrogen (secondary N) is 1. The molecule has 0 saturated carbocycles. The maximum absolute atomic E-state index is 11.4. The molecule has 78 valence electrons. The van der Waals surface area contributed by atoms with Crippen molar-refractivity contribution in [3.05, 3.63) is 34.3 Å². The van der Waals surface area contributed by atoms with Crippen LogP contribution in [0.25, 0.3) is 10.4 Å². The fourth-order valence-electron chi connectivity index (χ4n) is 0.880. The minimum atomic E-state index is -0.383. The summed E-state index contributed by atoms with van der Waals surface area (Å²) in [6.07, 6.45) is 0. The van der Waals surface area contributed by atoms with Gasteiger partial charge in [-0.3, -0.25) is 4.79 Å². The average molecular weight is 207 g/mol. The van der Waals surface area contributed by atoms with E-state index < -0.39 is 0 Å². The quantitative estimate of drug-likeness (QED) is 0.349. The second-order valence-corrected chi connectivity index (χ2v) is 2.51. The number of rotatable bonds is 4. The van der Waals surface area contributed by atoms with Crippen LogP contribution in [-0.2, 0) is 4.74 Å². The number of methoxy groups -OCH3 is 1. The van der Waals surface area contributed by atoms with Gasteiger partial charge in [0.05, 0.1) is 0 Å². The van der Waals surface area contributed by atoms with Crippen LogP contribution in [0.15, 0.2) is 23.3 Å². The molecule has 0 saturated heterocycles. The van der Waals surface area contributed by atoms with E-state index >= 15 is 0 Å². The lowest BCUT2D eigenvalue weighted by molar-refractivity contribution is 0.0867. The van der Waals surface area contributed by atoms with Crippen LogP contribution in [0.4, 0.5) is 5.82 Å². The predicted octanol–water partition coefficient (Wildman–Crippen LogP) is 1.36. The molecule has 15 heavy (non-hydrogen) atoms. The number of ether oxygens (including phenoxy) is 1. The Hall–Kier alpha value is -2.11. The van der Waals surface area contributed by atoms with Crippen LogP contribution in [0.2, 0.25) is 0 Å². The lowest BCUT2D eigenvalue weighted by Crippen LogP contribution is -2.26. The summed E-state index contributed by atoms with van der Waals surface area (Å²) < 4.78 is 4.67. The Morgan fingerprint density at radius 2 is 2.53 bits per heavy atom. The Morgan fingerprint density at radius 3 is 3.20 bits per heavy atom. The Bertz CT molecular complexity index is 400. The topological polar surface area (TPSA) is 100.0 Å². The molecule has 7 nitrogen and oxygen atoms in total. The van der Waals surface area contributed by atoms with Gasteiger partial charge in [0.1, 0.15) is 18.2 Å². The first-order chi connectivity index (χ1) is 7.27. The molecule has 0 fully saturated rings. The zero-order chi connectivity index (χ0) is 11.1. The van der Waals surface area contributed by atoms with Crippen molar-refractivity contribution < 1.29 is 9.53 Å². The summed E-state index contributed by atoms with van der Waals surface area (Å²) in [5, 5.41) is 5.75. The molecule has 1 aromatic rings. The Labute approximate surface area is 85.7 Å². The standard InChI is InChI=1S/C8H9N5O2/c1-15-5-10-8(14)6-3-2-4-7(11-6)12-13-9/h2-4H,5H2,1H3,(H,10,14). The largest absolute Gasteiger partial charge is 0.364 e. The first-order valence-electron chi connectivity index (χ1n) is 4.07. The molecule has 0 aliphatic heterocycles. The van der Waals surface area contributed by atoms with Crippen LogP contribution in [0.3, 0.4) is 0 Å². The second-order valence-electron chi connectivity index (χ2n) is 2.51. The maximum Gasteiger partial charge on any atom is 0.271 e. The Kier molecular flexibility index (Phi) is 4.08. The molecule has 1 N–H and O–H groups in total. The van der Waals surface area contributed by atoms with Crippen LogP contribution in [0, 0.1) is 0 Å². The third-order valence-corrected chi connectivity index (χ3v) is 1.49. The van der Waals surface area contributed by atoms with Crippen LogP contribution >= 0.6 is 0 Å². The van der Waals surface area contributed by atoms with Gasteiger partial charge in [-0.2, -0.15) is 0 Å². The number of carbonyl (C=O) groups is 1. The van der Waals surface area contributed by atoms with Crippen molar-refractivity contribution in [1.82, 2.24) is 10.3 Å². The zero-order valence-corrected chi connectivity index (χ0v) is 8.04. The zero-order valence-electron chi connectivity index (χ0n) is 8.04. The van der Waals surface area contributed by atoms with Crippen molar-refractivity contribution in [3.8, 4) is 0 Å². The van der Waals surface area contributed by atoms with Crippen LogP contribution in [-0.4, -0.2) is 24.7 Å². The van der Waals surface area contributed by atoms with Crippen molar-refractivity contribution in [3.63, 3.8) is 0 Å². The van der Waals surface area contributed by atoms with Crippen LogP contribution in [0.5, 0.6) is 0 Å². The van der Waals surface area contributed by atoms with Crippen LogP contribution in [0.1, 0.15) is 10.5 Å². The van der Waals surface area contributed by atoms with E-state index in [0.717, 1.165) is 0 Å². The maximum atomic E-state index is 11.4. The Balaban J connectivity index is 2.80. The SMILES string of the molecule is COCNC(=O)c1cccc(N=[N+]=[N-])n1. The second kappa shape index (κ2) is 5.58. The smallest absolute Gasteiger partial charge is 0.271 e. The minimum absolute atomic E-state index is 0.103. The van der Waals surface area contributed by atoms with E-state index in [1.807, 2.05) is 0 Å². The number of hydrogen-bond donors (Lipinski definition) is 1. The third-order valence-electron chi connectivity index (χ3n) is 1.49. The van der Waals surface area contributed by atoms with E-state index in [-0.39, 0.29) is 24.1 Å². The average Bonchev–Trinajstić information content (AvgIpc) is 2.27. The van der Waals surface area contributed by atoms with Crippen molar-refractivity contribution in [2.75, 3.05) is 13.8 Å². The molecular formula is C8H9N5O2. The van der Waals surface area contributed by atoms with E-state index in [1.54, 1.807) is 6.07 Å². The summed E-state index contributed by atoms with van der Waals surface area (Å²) in [6, 6.07) is 4.60. The van der Waals surface area contributed by atoms with Crippen molar-refractivity contribution in [1.29, 1.82) is 0 Å². The molecule has 1 heterocycles. The fraction of sp³-hybridized carbons (Fsp3) is 0.250. The van der Waals surface area contributed by atoms with E-state index in [1.165, 1.54) is 19.2 Å². The summed E-state index contributed by atoms with van der Waals surface area (Å²) in [5.41, 5.74) is 8.37. The molecule has 1 rings (SSSR count). The predicted molar refractivity (Wildman–Crippen MR) is 52.4 cm³/mol. The molecule has 0 spiro atoms. The van der Waals surface area contributed by atoms with E-state index in [4.69, 9.17) is 5.53 Å². The number of nitrogens with zero attached hydrogens (tertiary/aromatic N) is 4. The fourth-order valence-corrected chi connectivity index (χ4v) is 0.880. The number of azide groups is 1. The normalized spacial score (nSPS) is 9.13. The molecule has 1 aromatic heterocycles. The molecule has 0 aromatic carbocycles. The van der Waals surface area contributed by atoms with Gasteiger partial charge in [0, 0.05) is 12.0 Å². The third kappa shape index (κ3) is 3.26. The van der Waals surface area contributed by atoms with Crippen molar-refractivity contribution >= 4 is 11.7 Å². The lowest BCUT2D eigenvalue weighted by atomic mass is 10.3. The van der Waals surface area contributed by atoms with E-state index in [0.29, 0.717) is 0 Å². The molecule has 0 unspecified atom stereocenters. The van der Waals surface area contributed by atoms with E-state index in [9.17, 15) is 4.79 Å². The monoisotopic (exact) mass is 207 g/mol. The van der Waals surface area contributed by atoms with Gasteiger partial charge < -0.3 is 10.1 Å². The highest BCUT2D eigenvalue weighted by Gasteiger charge is 2.05.